The normalized spacial score (nSPS) is 26.4. The van der Waals surface area contributed by atoms with Crippen LogP contribution in [0.4, 0.5) is 0 Å². The van der Waals surface area contributed by atoms with Crippen molar-refractivity contribution in [1.29, 1.82) is 0 Å². The van der Waals surface area contributed by atoms with Gasteiger partial charge in [0.05, 0.1) is 6.61 Å². The highest BCUT2D eigenvalue weighted by Crippen LogP contribution is 2.16. The van der Waals surface area contributed by atoms with E-state index in [-0.39, 0.29) is 0 Å². The van der Waals surface area contributed by atoms with Crippen molar-refractivity contribution in [2.45, 2.75) is 38.0 Å². The van der Waals surface area contributed by atoms with Crippen LogP contribution in [0.15, 0.2) is 0 Å². The summed E-state index contributed by atoms with van der Waals surface area (Å²) in [5.74, 6) is 0.736. The largest absolute Gasteiger partial charge is 0.381 e. The fourth-order valence-corrected chi connectivity index (χ4v) is 2.10. The van der Waals surface area contributed by atoms with Crippen molar-refractivity contribution in [2.75, 3.05) is 26.0 Å². The average molecular weight is 217 g/mol. The number of rotatable bonds is 6. The van der Waals surface area contributed by atoms with Gasteiger partial charge in [0.15, 0.2) is 0 Å². The summed E-state index contributed by atoms with van der Waals surface area (Å²) < 4.78 is 5.38. The minimum atomic E-state index is 0.617. The molecule has 1 rings (SSSR count). The van der Waals surface area contributed by atoms with Crippen LogP contribution in [-0.2, 0) is 4.74 Å². The lowest BCUT2D eigenvalue weighted by atomic mass is 10.0. The predicted molar refractivity (Wildman–Crippen MR) is 64.0 cm³/mol. The van der Waals surface area contributed by atoms with Crippen molar-refractivity contribution in [1.82, 2.24) is 5.32 Å². The van der Waals surface area contributed by atoms with Crippen LogP contribution in [0, 0.1) is 5.92 Å². The van der Waals surface area contributed by atoms with E-state index in [1.54, 1.807) is 0 Å². The van der Waals surface area contributed by atoms with Gasteiger partial charge in [-0.3, -0.25) is 0 Å². The monoisotopic (exact) mass is 217 g/mol. The summed E-state index contributed by atoms with van der Waals surface area (Å²) in [6.07, 6.45) is 4.67. The van der Waals surface area contributed by atoms with E-state index in [2.05, 4.69) is 25.4 Å². The van der Waals surface area contributed by atoms with Crippen molar-refractivity contribution in [3.8, 4) is 0 Å². The van der Waals surface area contributed by atoms with Gasteiger partial charge in [-0.15, -0.1) is 0 Å². The zero-order chi connectivity index (χ0) is 10.4. The Morgan fingerprint density at radius 1 is 1.50 bits per heavy atom. The van der Waals surface area contributed by atoms with Crippen molar-refractivity contribution >= 4 is 11.8 Å². The van der Waals surface area contributed by atoms with E-state index in [1.165, 1.54) is 12.8 Å². The summed E-state index contributed by atoms with van der Waals surface area (Å²) in [5.41, 5.74) is 0. The Morgan fingerprint density at radius 2 is 2.29 bits per heavy atom. The molecule has 3 atom stereocenters. The zero-order valence-corrected chi connectivity index (χ0v) is 10.4. The van der Waals surface area contributed by atoms with Crippen LogP contribution in [0.25, 0.3) is 0 Å². The molecule has 1 heterocycles. The van der Waals surface area contributed by atoms with Crippen molar-refractivity contribution in [2.24, 2.45) is 5.92 Å². The lowest BCUT2D eigenvalue weighted by Gasteiger charge is -2.20. The van der Waals surface area contributed by atoms with Gasteiger partial charge in [0.2, 0.25) is 0 Å². The number of hydrogen-bond acceptors (Lipinski definition) is 3. The van der Waals surface area contributed by atoms with Gasteiger partial charge in [-0.2, -0.15) is 11.8 Å². The molecule has 0 bridgehead atoms. The van der Waals surface area contributed by atoms with Crippen LogP contribution in [0.2, 0.25) is 0 Å². The summed E-state index contributed by atoms with van der Waals surface area (Å²) in [5, 5.41) is 4.37. The third-order valence-corrected chi connectivity index (χ3v) is 4.13. The summed E-state index contributed by atoms with van der Waals surface area (Å²) in [6, 6.07) is 0.617. The van der Waals surface area contributed by atoms with Gasteiger partial charge in [0.1, 0.15) is 0 Å². The fourth-order valence-electron chi connectivity index (χ4n) is 1.75. The SMILES string of the molecule is CSC(C)CCNC(C)C1CCOC1. The van der Waals surface area contributed by atoms with Gasteiger partial charge in [-0.1, -0.05) is 6.92 Å². The quantitative estimate of drug-likeness (QED) is 0.736. The minimum Gasteiger partial charge on any atom is -0.381 e. The molecule has 14 heavy (non-hydrogen) atoms. The Labute approximate surface area is 92.2 Å². The maximum absolute atomic E-state index is 5.38. The lowest BCUT2D eigenvalue weighted by molar-refractivity contribution is 0.178. The third kappa shape index (κ3) is 4.20. The van der Waals surface area contributed by atoms with Crippen LogP contribution < -0.4 is 5.32 Å². The summed E-state index contributed by atoms with van der Waals surface area (Å²) in [4.78, 5) is 0. The Balaban J connectivity index is 2.05. The molecule has 0 aromatic carbocycles. The maximum atomic E-state index is 5.38. The number of ether oxygens (including phenoxy) is 1. The molecule has 1 saturated heterocycles. The molecule has 0 radical (unpaired) electrons. The van der Waals surface area contributed by atoms with E-state index in [0.717, 1.165) is 30.9 Å². The van der Waals surface area contributed by atoms with Crippen LogP contribution in [-0.4, -0.2) is 37.3 Å². The van der Waals surface area contributed by atoms with Crippen molar-refractivity contribution in [3.63, 3.8) is 0 Å². The Hall–Kier alpha value is 0.270. The predicted octanol–water partition coefficient (Wildman–Crippen LogP) is 2.14. The summed E-state index contributed by atoms with van der Waals surface area (Å²) in [7, 11) is 0. The average Bonchev–Trinajstić information content (AvgIpc) is 2.70. The second kappa shape index (κ2) is 6.70. The van der Waals surface area contributed by atoms with E-state index in [4.69, 9.17) is 4.74 Å². The van der Waals surface area contributed by atoms with Crippen molar-refractivity contribution < 1.29 is 4.74 Å². The van der Waals surface area contributed by atoms with Crippen molar-refractivity contribution in [3.05, 3.63) is 0 Å². The molecule has 0 spiro atoms. The van der Waals surface area contributed by atoms with Crippen LogP contribution >= 0.6 is 11.8 Å². The molecule has 84 valence electrons. The molecule has 1 fully saturated rings. The third-order valence-electron chi connectivity index (χ3n) is 3.09. The molecule has 0 amide bonds. The Kier molecular flexibility index (Phi) is 5.90. The van der Waals surface area contributed by atoms with Gasteiger partial charge in [0.25, 0.3) is 0 Å². The van der Waals surface area contributed by atoms with Crippen LogP contribution in [0.5, 0.6) is 0 Å². The van der Waals surface area contributed by atoms with E-state index >= 15 is 0 Å². The molecule has 0 aromatic heterocycles. The minimum absolute atomic E-state index is 0.617. The topological polar surface area (TPSA) is 21.3 Å². The molecule has 3 unspecified atom stereocenters. The number of hydrogen-bond donors (Lipinski definition) is 1. The molecule has 2 nitrogen and oxygen atoms in total. The fraction of sp³-hybridized carbons (Fsp3) is 1.00. The molecule has 0 saturated carbocycles. The number of nitrogens with one attached hydrogen (secondary N) is 1. The van der Waals surface area contributed by atoms with Gasteiger partial charge in [0, 0.05) is 17.9 Å². The van der Waals surface area contributed by atoms with Gasteiger partial charge in [-0.05, 0) is 38.5 Å². The van der Waals surface area contributed by atoms with E-state index < -0.39 is 0 Å². The molecule has 1 N–H and O–H groups in total. The second-order valence-corrected chi connectivity index (χ2v) is 5.48. The van der Waals surface area contributed by atoms with Gasteiger partial charge < -0.3 is 10.1 Å². The highest BCUT2D eigenvalue weighted by Gasteiger charge is 2.21. The standard InChI is InChI=1S/C11H23NOS/c1-9(14-3)4-6-12-10(2)11-5-7-13-8-11/h9-12H,4-8H2,1-3H3. The molecular weight excluding hydrogens is 194 g/mol. The Bertz CT molecular complexity index is 148. The van der Waals surface area contributed by atoms with E-state index in [0.29, 0.717) is 6.04 Å². The molecule has 0 aromatic rings. The second-order valence-electron chi connectivity index (χ2n) is 4.20. The summed E-state index contributed by atoms with van der Waals surface area (Å²) in [6.45, 7) is 7.61. The molecule has 3 heteroatoms. The molecule has 1 aliphatic heterocycles. The first kappa shape index (κ1) is 12.3. The van der Waals surface area contributed by atoms with Gasteiger partial charge >= 0.3 is 0 Å². The smallest absolute Gasteiger partial charge is 0.0509 e. The highest BCUT2D eigenvalue weighted by atomic mass is 32.2. The molecular formula is C11H23NOS. The van der Waals surface area contributed by atoms with E-state index in [9.17, 15) is 0 Å². The van der Waals surface area contributed by atoms with E-state index in [1.807, 2.05) is 11.8 Å². The van der Waals surface area contributed by atoms with Crippen LogP contribution in [0.1, 0.15) is 26.7 Å². The Morgan fingerprint density at radius 3 is 2.86 bits per heavy atom. The summed E-state index contributed by atoms with van der Waals surface area (Å²) >= 11 is 1.94. The highest BCUT2D eigenvalue weighted by molar-refractivity contribution is 7.99. The first-order valence-corrected chi connectivity index (χ1v) is 6.86. The van der Waals surface area contributed by atoms with Crippen LogP contribution in [0.3, 0.4) is 0 Å². The first-order chi connectivity index (χ1) is 6.74. The lowest BCUT2D eigenvalue weighted by Crippen LogP contribution is -2.35. The van der Waals surface area contributed by atoms with Gasteiger partial charge in [-0.25, -0.2) is 0 Å². The molecule has 1 aliphatic rings. The maximum Gasteiger partial charge on any atom is 0.0509 e. The molecule has 0 aliphatic carbocycles. The number of thioether (sulfide) groups is 1. The first-order valence-electron chi connectivity index (χ1n) is 5.58. The zero-order valence-electron chi connectivity index (χ0n) is 9.58.